The Hall–Kier alpha value is -1.77. The third kappa shape index (κ3) is 9.66. The van der Waals surface area contributed by atoms with Crippen molar-refractivity contribution < 1.29 is 14.4 Å². The Morgan fingerprint density at radius 2 is 1.63 bits per heavy atom. The fraction of sp³-hybridized carbons (Fsp3) is 0.719. The minimum absolute atomic E-state index is 0.0428. The van der Waals surface area contributed by atoms with Gasteiger partial charge in [-0.1, -0.05) is 74.3 Å². The molecular formula is C32H52O3. The third-order valence-corrected chi connectivity index (χ3v) is 7.00. The van der Waals surface area contributed by atoms with Crippen LogP contribution in [-0.2, 0) is 16.0 Å². The van der Waals surface area contributed by atoms with Crippen LogP contribution in [0.5, 0.6) is 0 Å². The van der Waals surface area contributed by atoms with E-state index in [0.29, 0.717) is 17.8 Å². The van der Waals surface area contributed by atoms with Crippen LogP contribution < -0.4 is 0 Å². The minimum Gasteiger partial charge on any atom is -0.300 e. The van der Waals surface area contributed by atoms with Gasteiger partial charge < -0.3 is 0 Å². The molecule has 0 spiro atoms. The number of hydrogen-bond acceptors (Lipinski definition) is 3. The lowest BCUT2D eigenvalue weighted by Gasteiger charge is -2.33. The molecule has 3 unspecified atom stereocenters. The Morgan fingerprint density at radius 1 is 1.06 bits per heavy atom. The van der Waals surface area contributed by atoms with Gasteiger partial charge in [-0.2, -0.15) is 0 Å². The lowest BCUT2D eigenvalue weighted by atomic mass is 9.70. The van der Waals surface area contributed by atoms with E-state index < -0.39 is 0 Å². The van der Waals surface area contributed by atoms with Crippen molar-refractivity contribution in [2.24, 2.45) is 23.2 Å². The highest BCUT2D eigenvalue weighted by Crippen LogP contribution is 2.39. The predicted molar refractivity (Wildman–Crippen MR) is 148 cm³/mol. The van der Waals surface area contributed by atoms with Crippen LogP contribution in [0.15, 0.2) is 6.07 Å². The van der Waals surface area contributed by atoms with Gasteiger partial charge in [0.1, 0.15) is 11.6 Å². The first-order valence-electron chi connectivity index (χ1n) is 13.8. The molecule has 0 fully saturated rings. The number of aryl methyl sites for hydroxylation is 1. The van der Waals surface area contributed by atoms with Gasteiger partial charge in [-0.3, -0.25) is 14.4 Å². The monoisotopic (exact) mass is 484 g/mol. The molecule has 35 heavy (non-hydrogen) atoms. The maximum Gasteiger partial charge on any atom is 0.163 e. The third-order valence-electron chi connectivity index (χ3n) is 7.00. The van der Waals surface area contributed by atoms with Crippen LogP contribution in [0.3, 0.4) is 0 Å². The van der Waals surface area contributed by atoms with Crippen LogP contribution in [0.2, 0.25) is 0 Å². The summed E-state index contributed by atoms with van der Waals surface area (Å²) in [5.74, 6) is 1.14. The molecule has 0 bridgehead atoms. The van der Waals surface area contributed by atoms with E-state index in [0.717, 1.165) is 43.2 Å². The molecule has 1 aliphatic rings. The molecule has 0 N–H and O–H groups in total. The summed E-state index contributed by atoms with van der Waals surface area (Å²) in [7, 11) is 0. The van der Waals surface area contributed by atoms with Crippen molar-refractivity contribution in [1.82, 2.24) is 0 Å². The Kier molecular flexibility index (Phi) is 12.1. The topological polar surface area (TPSA) is 51.2 Å². The first kappa shape index (κ1) is 31.3. The van der Waals surface area contributed by atoms with E-state index in [2.05, 4.69) is 75.3 Å². The number of hydrogen-bond donors (Lipinski definition) is 0. The molecule has 0 heterocycles. The molecule has 0 radical (unpaired) electrons. The van der Waals surface area contributed by atoms with E-state index in [-0.39, 0.29) is 41.5 Å². The van der Waals surface area contributed by atoms with Crippen LogP contribution in [0.25, 0.3) is 0 Å². The van der Waals surface area contributed by atoms with E-state index in [4.69, 9.17) is 0 Å². The quantitative estimate of drug-likeness (QED) is 0.312. The molecule has 3 nitrogen and oxygen atoms in total. The molecule has 198 valence electrons. The molecule has 0 amide bonds. The fourth-order valence-electron chi connectivity index (χ4n) is 5.48. The van der Waals surface area contributed by atoms with E-state index in [1.807, 2.05) is 0 Å². The summed E-state index contributed by atoms with van der Waals surface area (Å²) in [6, 6.07) is 2.27. The summed E-state index contributed by atoms with van der Waals surface area (Å²) in [4.78, 5) is 37.5. The van der Waals surface area contributed by atoms with Gasteiger partial charge in [0, 0.05) is 17.9 Å². The number of ketones is 3. The van der Waals surface area contributed by atoms with Crippen LogP contribution in [0.4, 0.5) is 0 Å². The molecule has 1 aliphatic carbocycles. The summed E-state index contributed by atoms with van der Waals surface area (Å²) < 4.78 is 0. The van der Waals surface area contributed by atoms with Crippen LogP contribution in [0.1, 0.15) is 139 Å². The van der Waals surface area contributed by atoms with Gasteiger partial charge in [-0.05, 0) is 85.5 Å². The lowest BCUT2D eigenvalue weighted by Crippen LogP contribution is -2.30. The number of fused-ring (bicyclic) bond motifs is 1. The van der Waals surface area contributed by atoms with Crippen molar-refractivity contribution in [3.8, 4) is 0 Å². The minimum atomic E-state index is -0.0744. The number of benzene rings is 1. The molecular weight excluding hydrogens is 432 g/mol. The summed E-state index contributed by atoms with van der Waals surface area (Å²) in [5.41, 5.74) is 6.34. The van der Waals surface area contributed by atoms with Gasteiger partial charge in [-0.25, -0.2) is 0 Å². The fourth-order valence-corrected chi connectivity index (χ4v) is 5.48. The molecule has 1 aromatic rings. The molecule has 1 aromatic carbocycles. The van der Waals surface area contributed by atoms with Crippen molar-refractivity contribution >= 4 is 17.3 Å². The maximum absolute atomic E-state index is 13.2. The van der Waals surface area contributed by atoms with Gasteiger partial charge in [0.15, 0.2) is 5.78 Å². The molecule has 2 rings (SSSR count). The van der Waals surface area contributed by atoms with Gasteiger partial charge in [0.25, 0.3) is 0 Å². The van der Waals surface area contributed by atoms with Crippen molar-refractivity contribution in [3.05, 3.63) is 33.9 Å². The standard InChI is InChI=1S/C27H40O3.C5H12/c1-8-10-21(22(9-2)25(29)12-18(6)28)13-20-14-24-23(16(3)4)11-17(5)19(7)27(24)26(30)15-20;1-5(2,3)4/h11,16,20-22H,8-10,12-15H2,1-7H3;1-4H3. The Bertz CT molecular complexity index is 879. The number of carbonyl (C=O) groups excluding carboxylic acids is 3. The van der Waals surface area contributed by atoms with Gasteiger partial charge in [0.2, 0.25) is 0 Å². The molecule has 0 saturated heterocycles. The molecule has 3 atom stereocenters. The molecule has 0 saturated carbocycles. The highest BCUT2D eigenvalue weighted by Gasteiger charge is 2.34. The first-order chi connectivity index (χ1) is 16.1. The first-order valence-corrected chi connectivity index (χ1v) is 13.8. The molecule has 3 heteroatoms. The summed E-state index contributed by atoms with van der Waals surface area (Å²) >= 11 is 0. The van der Waals surface area contributed by atoms with E-state index >= 15 is 0 Å². The average molecular weight is 485 g/mol. The second kappa shape index (κ2) is 13.5. The zero-order chi connectivity index (χ0) is 27.1. The lowest BCUT2D eigenvalue weighted by molar-refractivity contribution is -0.129. The van der Waals surface area contributed by atoms with Gasteiger partial charge in [-0.15, -0.1) is 0 Å². The van der Waals surface area contributed by atoms with E-state index in [9.17, 15) is 14.4 Å². The number of carbonyl (C=O) groups is 3. The van der Waals surface area contributed by atoms with Crippen molar-refractivity contribution in [3.63, 3.8) is 0 Å². The predicted octanol–water partition coefficient (Wildman–Crippen LogP) is 8.61. The van der Waals surface area contributed by atoms with Crippen molar-refractivity contribution in [2.75, 3.05) is 0 Å². The normalized spacial score (nSPS) is 17.4. The van der Waals surface area contributed by atoms with Crippen LogP contribution in [-0.4, -0.2) is 17.3 Å². The van der Waals surface area contributed by atoms with Crippen molar-refractivity contribution in [2.45, 2.75) is 127 Å². The second-order valence-corrected chi connectivity index (χ2v) is 12.8. The highest BCUT2D eigenvalue weighted by molar-refractivity contribution is 6.01. The van der Waals surface area contributed by atoms with E-state index in [1.54, 1.807) is 0 Å². The highest BCUT2D eigenvalue weighted by atomic mass is 16.1. The van der Waals surface area contributed by atoms with Crippen molar-refractivity contribution in [1.29, 1.82) is 0 Å². The zero-order valence-corrected chi connectivity index (χ0v) is 24.6. The maximum atomic E-state index is 13.2. The summed E-state index contributed by atoms with van der Waals surface area (Å²) in [5, 5.41) is 0. The van der Waals surface area contributed by atoms with Gasteiger partial charge >= 0.3 is 0 Å². The largest absolute Gasteiger partial charge is 0.300 e. The summed E-state index contributed by atoms with van der Waals surface area (Å²) in [6.07, 6.45) is 5.20. The number of rotatable bonds is 10. The molecule has 0 aromatic heterocycles. The number of Topliss-reactive ketones (excluding diaryl/α,β-unsaturated/α-hetero) is 3. The second-order valence-electron chi connectivity index (χ2n) is 12.8. The Morgan fingerprint density at radius 3 is 2.09 bits per heavy atom. The molecule has 0 aliphatic heterocycles. The SMILES string of the molecule is CC(C)(C)C.CCCC(CC1CC(=O)c2c(C)c(C)cc(C(C)C)c2C1)C(CC)C(=O)CC(C)=O. The van der Waals surface area contributed by atoms with Gasteiger partial charge in [0.05, 0.1) is 6.42 Å². The smallest absolute Gasteiger partial charge is 0.163 e. The zero-order valence-electron chi connectivity index (χ0n) is 24.6. The van der Waals surface area contributed by atoms with Crippen LogP contribution >= 0.6 is 0 Å². The van der Waals surface area contributed by atoms with E-state index in [1.165, 1.54) is 23.6 Å². The average Bonchev–Trinajstić information content (AvgIpc) is 2.69. The Labute approximate surface area is 215 Å². The van der Waals surface area contributed by atoms with Crippen LogP contribution in [0, 0.1) is 37.0 Å². The summed E-state index contributed by atoms with van der Waals surface area (Å²) in [6.45, 7) is 23.0. The Balaban J connectivity index is 0.00000111.